The Balaban J connectivity index is 1.45. The number of sulfonamides is 1. The zero-order chi connectivity index (χ0) is 26.4. The van der Waals surface area contributed by atoms with Crippen LogP contribution in [0.3, 0.4) is 0 Å². The molecule has 38 heavy (non-hydrogen) atoms. The maximum Gasteiger partial charge on any atom is 0.209 e. The second kappa shape index (κ2) is 9.08. The molecule has 3 N–H and O–H groups in total. The molecule has 0 amide bonds. The maximum absolute atomic E-state index is 14.8. The summed E-state index contributed by atoms with van der Waals surface area (Å²) in [7, 11) is -3.45. The average Bonchev–Trinajstić information content (AvgIpc) is 3.50. The Kier molecular flexibility index (Phi) is 5.69. The smallest absolute Gasteiger partial charge is 0.209 e. The van der Waals surface area contributed by atoms with Gasteiger partial charge in [0.05, 0.1) is 17.3 Å². The van der Waals surface area contributed by atoms with Gasteiger partial charge in [0, 0.05) is 53.3 Å². The summed E-state index contributed by atoms with van der Waals surface area (Å²) in [4.78, 5) is 16.2. The molecular weight excluding hydrogens is 512 g/mol. The normalized spacial score (nSPS) is 12.0. The average molecular weight is 532 g/mol. The highest BCUT2D eigenvalue weighted by atomic mass is 32.2. The Hall–Kier alpha value is -4.55. The first-order valence-electron chi connectivity index (χ1n) is 11.4. The van der Waals surface area contributed by atoms with E-state index in [9.17, 15) is 17.2 Å². The zero-order valence-electron chi connectivity index (χ0n) is 19.8. The minimum Gasteiger partial charge on any atom is -0.335 e. The van der Waals surface area contributed by atoms with Gasteiger partial charge in [0.2, 0.25) is 10.0 Å². The van der Waals surface area contributed by atoms with Gasteiger partial charge in [-0.2, -0.15) is 5.10 Å². The van der Waals surface area contributed by atoms with E-state index < -0.39 is 21.7 Å². The zero-order valence-corrected chi connectivity index (χ0v) is 20.6. The summed E-state index contributed by atoms with van der Waals surface area (Å²) in [5.41, 5.74) is 4.47. The summed E-state index contributed by atoms with van der Waals surface area (Å²) in [5, 5.41) is 7.85. The number of nitrogens with one attached hydrogen (secondary N) is 3. The number of nitrogens with zero attached hydrogens (tertiary/aromatic N) is 4. The molecular formula is C26H19F2N7O2S. The van der Waals surface area contributed by atoms with Gasteiger partial charge in [-0.1, -0.05) is 6.07 Å². The van der Waals surface area contributed by atoms with Crippen LogP contribution in [0.5, 0.6) is 0 Å². The third-order valence-corrected chi connectivity index (χ3v) is 6.72. The van der Waals surface area contributed by atoms with E-state index in [4.69, 9.17) is 0 Å². The van der Waals surface area contributed by atoms with Crippen molar-refractivity contribution >= 4 is 32.1 Å². The van der Waals surface area contributed by atoms with Crippen LogP contribution in [0.1, 0.15) is 5.56 Å². The molecule has 4 aromatic heterocycles. The van der Waals surface area contributed by atoms with Crippen molar-refractivity contribution in [3.63, 3.8) is 0 Å². The molecule has 0 atom stereocenters. The minimum absolute atomic E-state index is 0.0544. The number of aromatic amines is 2. The highest BCUT2D eigenvalue weighted by Gasteiger charge is 2.18. The SMILES string of the molecule is CS(=O)(=O)NCc1cc(F)cc(-c2ccnc3nc(-c4n[nH]c5cc(F)c(-c6cccnc6)cc45)[nH]c23)c1. The van der Waals surface area contributed by atoms with E-state index in [0.29, 0.717) is 61.4 Å². The third-order valence-electron chi connectivity index (χ3n) is 6.05. The standard InChI is InChI=1S/C26H19F2N7O2S/c1-38(36,37)31-12-14-7-16(9-17(27)8-14)18-4-6-30-25-23(18)32-26(33-25)24-20-10-19(15-3-2-5-29-13-15)21(28)11-22(20)34-35-24/h2-11,13,31H,12H2,1H3,(H,34,35)(H,30,32,33). The molecule has 6 aromatic rings. The van der Waals surface area contributed by atoms with Gasteiger partial charge < -0.3 is 4.98 Å². The number of pyridine rings is 2. The number of rotatable bonds is 6. The summed E-state index contributed by atoms with van der Waals surface area (Å²) in [5.74, 6) is -0.535. The molecule has 0 saturated heterocycles. The lowest BCUT2D eigenvalue weighted by Gasteiger charge is -2.08. The molecule has 0 unspecified atom stereocenters. The predicted molar refractivity (Wildman–Crippen MR) is 139 cm³/mol. The molecule has 12 heteroatoms. The van der Waals surface area contributed by atoms with Crippen molar-refractivity contribution in [3.8, 4) is 33.8 Å². The van der Waals surface area contributed by atoms with Gasteiger partial charge in [0.1, 0.15) is 17.3 Å². The van der Waals surface area contributed by atoms with Gasteiger partial charge in [-0.25, -0.2) is 31.9 Å². The largest absolute Gasteiger partial charge is 0.335 e. The van der Waals surface area contributed by atoms with E-state index >= 15 is 0 Å². The number of H-pyrrole nitrogens is 2. The highest BCUT2D eigenvalue weighted by molar-refractivity contribution is 7.88. The van der Waals surface area contributed by atoms with E-state index in [1.165, 1.54) is 18.2 Å². The summed E-state index contributed by atoms with van der Waals surface area (Å²) in [6.07, 6.45) is 5.80. The fraction of sp³-hybridized carbons (Fsp3) is 0.0769. The number of aromatic nitrogens is 6. The van der Waals surface area contributed by atoms with Gasteiger partial charge in [0.15, 0.2) is 11.5 Å². The number of benzene rings is 2. The van der Waals surface area contributed by atoms with Crippen LogP contribution in [0, 0.1) is 11.6 Å². The van der Waals surface area contributed by atoms with Crippen molar-refractivity contribution in [3.05, 3.63) is 84.3 Å². The van der Waals surface area contributed by atoms with Gasteiger partial charge in [-0.15, -0.1) is 0 Å². The number of hydrogen-bond acceptors (Lipinski definition) is 6. The van der Waals surface area contributed by atoms with Crippen molar-refractivity contribution in [1.82, 2.24) is 34.9 Å². The first-order chi connectivity index (χ1) is 18.2. The second-order valence-corrected chi connectivity index (χ2v) is 10.6. The molecule has 0 spiro atoms. The Bertz CT molecular complexity index is 1940. The van der Waals surface area contributed by atoms with Crippen LogP contribution >= 0.6 is 0 Å². The Labute approximate surface area is 215 Å². The van der Waals surface area contributed by atoms with Crippen molar-refractivity contribution in [2.45, 2.75) is 6.54 Å². The number of fused-ring (bicyclic) bond motifs is 2. The Morgan fingerprint density at radius 3 is 2.66 bits per heavy atom. The highest BCUT2D eigenvalue weighted by Crippen LogP contribution is 2.34. The Morgan fingerprint density at radius 1 is 1.00 bits per heavy atom. The van der Waals surface area contributed by atoms with Crippen molar-refractivity contribution in [1.29, 1.82) is 0 Å². The molecule has 4 heterocycles. The van der Waals surface area contributed by atoms with Gasteiger partial charge in [-0.3, -0.25) is 10.1 Å². The predicted octanol–water partition coefficient (Wildman–Crippen LogP) is 4.56. The molecule has 9 nitrogen and oxygen atoms in total. The fourth-order valence-electron chi connectivity index (χ4n) is 4.35. The van der Waals surface area contributed by atoms with E-state index in [0.717, 1.165) is 6.26 Å². The molecule has 6 rings (SSSR count). The fourth-order valence-corrected chi connectivity index (χ4v) is 4.78. The van der Waals surface area contributed by atoms with Gasteiger partial charge in [0.25, 0.3) is 0 Å². The van der Waals surface area contributed by atoms with Crippen molar-refractivity contribution < 1.29 is 17.2 Å². The topological polar surface area (TPSA) is 129 Å². The lowest BCUT2D eigenvalue weighted by molar-refractivity contribution is 0.586. The molecule has 0 radical (unpaired) electrons. The van der Waals surface area contributed by atoms with Crippen LogP contribution in [0.15, 0.2) is 67.1 Å². The minimum atomic E-state index is -3.45. The Morgan fingerprint density at radius 2 is 1.87 bits per heavy atom. The molecule has 0 saturated carbocycles. The van der Waals surface area contributed by atoms with Gasteiger partial charge >= 0.3 is 0 Å². The van der Waals surface area contributed by atoms with Crippen molar-refractivity contribution in [2.75, 3.05) is 6.26 Å². The summed E-state index contributed by atoms with van der Waals surface area (Å²) < 4.78 is 54.7. The van der Waals surface area contributed by atoms with E-state index in [1.54, 1.807) is 48.9 Å². The lowest BCUT2D eigenvalue weighted by atomic mass is 10.0. The van der Waals surface area contributed by atoms with Crippen LogP contribution in [0.25, 0.3) is 55.8 Å². The second-order valence-electron chi connectivity index (χ2n) is 8.78. The van der Waals surface area contributed by atoms with Gasteiger partial charge in [-0.05, 0) is 47.5 Å². The molecule has 0 aliphatic heterocycles. The van der Waals surface area contributed by atoms with E-state index in [1.807, 2.05) is 0 Å². The maximum atomic E-state index is 14.8. The number of hydrogen-bond donors (Lipinski definition) is 3. The van der Waals surface area contributed by atoms with Crippen molar-refractivity contribution in [2.24, 2.45) is 0 Å². The van der Waals surface area contributed by atoms with Crippen LogP contribution in [-0.2, 0) is 16.6 Å². The monoisotopic (exact) mass is 531 g/mol. The first-order valence-corrected chi connectivity index (χ1v) is 13.3. The molecule has 0 fully saturated rings. The molecule has 0 aliphatic rings. The molecule has 190 valence electrons. The van der Waals surface area contributed by atoms with E-state index in [2.05, 4.69) is 34.9 Å². The molecule has 0 bridgehead atoms. The van der Waals surface area contributed by atoms with Crippen LogP contribution in [0.2, 0.25) is 0 Å². The van der Waals surface area contributed by atoms with Crippen LogP contribution in [0.4, 0.5) is 8.78 Å². The molecule has 0 aliphatic carbocycles. The van der Waals surface area contributed by atoms with Crippen LogP contribution in [-0.4, -0.2) is 44.8 Å². The number of halogens is 2. The third kappa shape index (κ3) is 4.51. The molecule has 2 aromatic carbocycles. The summed E-state index contributed by atoms with van der Waals surface area (Å²) in [6.45, 7) is -0.0544. The summed E-state index contributed by atoms with van der Waals surface area (Å²) in [6, 6.07) is 12.6. The number of imidazole rings is 1. The first kappa shape index (κ1) is 23.8. The van der Waals surface area contributed by atoms with E-state index in [-0.39, 0.29) is 6.54 Å². The quantitative estimate of drug-likeness (QED) is 0.289. The van der Waals surface area contributed by atoms with Crippen LogP contribution < -0.4 is 4.72 Å². The summed E-state index contributed by atoms with van der Waals surface area (Å²) >= 11 is 0. The lowest BCUT2D eigenvalue weighted by Crippen LogP contribution is -2.21.